The van der Waals surface area contributed by atoms with E-state index in [1.807, 2.05) is 5.38 Å². The second kappa shape index (κ2) is 6.35. The van der Waals surface area contributed by atoms with E-state index in [1.165, 1.54) is 4.88 Å². The highest BCUT2D eigenvalue weighted by Crippen LogP contribution is 2.32. The number of hydrazine groups is 1. The minimum absolute atomic E-state index is 0.229. The van der Waals surface area contributed by atoms with Crippen LogP contribution in [-0.2, 0) is 4.74 Å². The average molecular weight is 256 g/mol. The monoisotopic (exact) mass is 256 g/mol. The molecule has 5 heteroatoms. The zero-order chi connectivity index (χ0) is 12.1. The first-order valence-corrected chi connectivity index (χ1v) is 6.87. The lowest BCUT2D eigenvalue weighted by Crippen LogP contribution is -2.30. The van der Waals surface area contributed by atoms with E-state index in [9.17, 15) is 0 Å². The number of nitrogens with one attached hydrogen (secondary N) is 1. The van der Waals surface area contributed by atoms with Crippen LogP contribution < -0.4 is 16.0 Å². The Balaban J connectivity index is 1.95. The maximum absolute atomic E-state index is 5.66. The molecule has 0 bridgehead atoms. The Morgan fingerprint density at radius 3 is 2.94 bits per heavy atom. The van der Waals surface area contributed by atoms with Crippen LogP contribution in [0.15, 0.2) is 11.4 Å². The van der Waals surface area contributed by atoms with Crippen molar-refractivity contribution < 1.29 is 9.47 Å². The molecule has 0 spiro atoms. The van der Waals surface area contributed by atoms with Crippen molar-refractivity contribution in [2.45, 2.75) is 25.3 Å². The zero-order valence-corrected chi connectivity index (χ0v) is 11.0. The van der Waals surface area contributed by atoms with Crippen molar-refractivity contribution in [2.24, 2.45) is 11.8 Å². The van der Waals surface area contributed by atoms with Gasteiger partial charge in [-0.3, -0.25) is 11.3 Å². The first-order valence-electron chi connectivity index (χ1n) is 5.99. The Morgan fingerprint density at radius 1 is 1.59 bits per heavy atom. The molecule has 1 atom stereocenters. The maximum atomic E-state index is 5.66. The summed E-state index contributed by atoms with van der Waals surface area (Å²) in [7, 11) is 1.69. The SMILES string of the molecule is COc1csc(C(CC2CCOCC2)NN)c1. The second-order valence-corrected chi connectivity index (χ2v) is 5.34. The van der Waals surface area contributed by atoms with E-state index in [1.54, 1.807) is 18.4 Å². The predicted molar refractivity (Wildman–Crippen MR) is 69.1 cm³/mol. The number of nitrogens with two attached hydrogens (primary N) is 1. The van der Waals surface area contributed by atoms with Gasteiger partial charge in [0.25, 0.3) is 0 Å². The van der Waals surface area contributed by atoms with Crippen molar-refractivity contribution in [1.82, 2.24) is 5.43 Å². The number of hydrogen-bond donors (Lipinski definition) is 2. The van der Waals surface area contributed by atoms with E-state index >= 15 is 0 Å². The van der Waals surface area contributed by atoms with Crippen molar-refractivity contribution in [3.8, 4) is 5.75 Å². The molecule has 17 heavy (non-hydrogen) atoms. The highest BCUT2D eigenvalue weighted by atomic mass is 32.1. The lowest BCUT2D eigenvalue weighted by Gasteiger charge is -2.25. The molecule has 0 aliphatic carbocycles. The van der Waals surface area contributed by atoms with Crippen molar-refractivity contribution >= 4 is 11.3 Å². The lowest BCUT2D eigenvalue weighted by atomic mass is 9.92. The van der Waals surface area contributed by atoms with Crippen LogP contribution in [-0.4, -0.2) is 20.3 Å². The minimum Gasteiger partial charge on any atom is -0.496 e. The van der Waals surface area contributed by atoms with E-state index in [2.05, 4.69) is 11.5 Å². The van der Waals surface area contributed by atoms with Crippen molar-refractivity contribution in [2.75, 3.05) is 20.3 Å². The summed E-state index contributed by atoms with van der Waals surface area (Å²) in [4.78, 5) is 1.25. The molecular formula is C12H20N2O2S. The largest absolute Gasteiger partial charge is 0.496 e. The topological polar surface area (TPSA) is 56.5 Å². The summed E-state index contributed by atoms with van der Waals surface area (Å²) < 4.78 is 10.6. The van der Waals surface area contributed by atoms with Gasteiger partial charge in [0.05, 0.1) is 13.2 Å². The molecule has 2 rings (SSSR count). The van der Waals surface area contributed by atoms with E-state index in [0.717, 1.165) is 38.2 Å². The van der Waals surface area contributed by atoms with Crippen LogP contribution in [0.1, 0.15) is 30.2 Å². The van der Waals surface area contributed by atoms with Crippen LogP contribution >= 0.6 is 11.3 Å². The second-order valence-electron chi connectivity index (χ2n) is 4.40. The number of methoxy groups -OCH3 is 1. The fraction of sp³-hybridized carbons (Fsp3) is 0.667. The molecule has 1 aromatic rings. The van der Waals surface area contributed by atoms with Crippen LogP contribution in [0.5, 0.6) is 5.75 Å². The minimum atomic E-state index is 0.229. The van der Waals surface area contributed by atoms with E-state index in [-0.39, 0.29) is 6.04 Å². The summed E-state index contributed by atoms with van der Waals surface area (Å²) >= 11 is 1.70. The number of ether oxygens (including phenoxy) is 2. The van der Waals surface area contributed by atoms with Crippen molar-refractivity contribution in [1.29, 1.82) is 0 Å². The highest BCUT2D eigenvalue weighted by molar-refractivity contribution is 7.10. The van der Waals surface area contributed by atoms with Crippen molar-refractivity contribution in [3.63, 3.8) is 0 Å². The Labute approximate surface area is 106 Å². The van der Waals surface area contributed by atoms with Gasteiger partial charge in [-0.1, -0.05) is 0 Å². The molecular weight excluding hydrogens is 236 g/mol. The van der Waals surface area contributed by atoms with E-state index in [4.69, 9.17) is 15.3 Å². The summed E-state index contributed by atoms with van der Waals surface area (Å²) in [6.45, 7) is 1.77. The fourth-order valence-corrected chi connectivity index (χ4v) is 3.14. The van der Waals surface area contributed by atoms with Gasteiger partial charge in [0.1, 0.15) is 5.75 Å². The fourth-order valence-electron chi connectivity index (χ4n) is 2.21. The Bertz CT molecular complexity index is 337. The van der Waals surface area contributed by atoms with Crippen LogP contribution in [0.25, 0.3) is 0 Å². The van der Waals surface area contributed by atoms with Crippen LogP contribution in [0.3, 0.4) is 0 Å². The van der Waals surface area contributed by atoms with Gasteiger partial charge in [-0.15, -0.1) is 11.3 Å². The molecule has 2 heterocycles. The number of rotatable bonds is 5. The van der Waals surface area contributed by atoms with Gasteiger partial charge in [-0.25, -0.2) is 0 Å². The zero-order valence-electron chi connectivity index (χ0n) is 10.1. The molecule has 0 aromatic carbocycles. The summed E-state index contributed by atoms with van der Waals surface area (Å²) in [5, 5.41) is 2.02. The van der Waals surface area contributed by atoms with Gasteiger partial charge < -0.3 is 9.47 Å². The van der Waals surface area contributed by atoms with Gasteiger partial charge in [0.2, 0.25) is 0 Å². The maximum Gasteiger partial charge on any atom is 0.129 e. The molecule has 0 saturated carbocycles. The van der Waals surface area contributed by atoms with Gasteiger partial charge in [-0.2, -0.15) is 0 Å². The Morgan fingerprint density at radius 2 is 2.35 bits per heavy atom. The molecule has 1 aliphatic heterocycles. The number of thiophene rings is 1. The molecule has 1 aliphatic rings. The van der Waals surface area contributed by atoms with E-state index < -0.39 is 0 Å². The lowest BCUT2D eigenvalue weighted by molar-refractivity contribution is 0.0606. The van der Waals surface area contributed by atoms with Crippen LogP contribution in [0.2, 0.25) is 0 Å². The molecule has 3 N–H and O–H groups in total. The standard InChI is InChI=1S/C12H20N2O2S/c1-15-10-7-12(17-8-10)11(14-13)6-9-2-4-16-5-3-9/h7-9,11,14H,2-6,13H2,1H3. The Hall–Kier alpha value is -0.620. The van der Waals surface area contributed by atoms with Gasteiger partial charge >= 0.3 is 0 Å². The smallest absolute Gasteiger partial charge is 0.129 e. The molecule has 0 radical (unpaired) electrons. The van der Waals surface area contributed by atoms with E-state index in [0.29, 0.717) is 5.92 Å². The summed E-state index contributed by atoms with van der Waals surface area (Å²) in [6, 6.07) is 2.29. The molecule has 0 amide bonds. The van der Waals surface area contributed by atoms with Crippen LogP contribution in [0.4, 0.5) is 0 Å². The molecule has 1 aromatic heterocycles. The normalized spacial score (nSPS) is 19.2. The summed E-state index contributed by atoms with van der Waals surface area (Å²) in [5.74, 6) is 7.28. The van der Waals surface area contributed by atoms with Crippen LogP contribution in [0, 0.1) is 5.92 Å². The average Bonchev–Trinajstić information content (AvgIpc) is 2.86. The number of hydrogen-bond acceptors (Lipinski definition) is 5. The predicted octanol–water partition coefficient (Wildman–Crippen LogP) is 2.08. The first-order chi connectivity index (χ1) is 8.33. The third-order valence-corrected chi connectivity index (χ3v) is 4.31. The highest BCUT2D eigenvalue weighted by Gasteiger charge is 2.21. The third-order valence-electron chi connectivity index (χ3n) is 3.29. The van der Waals surface area contributed by atoms with Gasteiger partial charge in [0.15, 0.2) is 0 Å². The van der Waals surface area contributed by atoms with Crippen molar-refractivity contribution in [3.05, 3.63) is 16.3 Å². The molecule has 1 saturated heterocycles. The molecule has 1 fully saturated rings. The Kier molecular flexibility index (Phi) is 4.79. The first kappa shape index (κ1) is 12.8. The summed E-state index contributed by atoms with van der Waals surface area (Å²) in [6.07, 6.45) is 3.35. The van der Waals surface area contributed by atoms with Gasteiger partial charge in [0, 0.05) is 23.5 Å². The molecule has 4 nitrogen and oxygen atoms in total. The molecule has 1 unspecified atom stereocenters. The molecule has 96 valence electrons. The summed E-state index contributed by atoms with van der Waals surface area (Å²) in [5.41, 5.74) is 2.92. The third kappa shape index (κ3) is 3.42. The van der Waals surface area contributed by atoms with Gasteiger partial charge in [-0.05, 0) is 31.2 Å². The quantitative estimate of drug-likeness (QED) is 0.625.